The lowest BCUT2D eigenvalue weighted by molar-refractivity contribution is 0.961. The van der Waals surface area contributed by atoms with Crippen molar-refractivity contribution in [1.29, 1.82) is 0 Å². The molecule has 3 N–H and O–H groups in total. The molecule has 0 amide bonds. The molecule has 0 fully saturated rings. The van der Waals surface area contributed by atoms with Gasteiger partial charge in [0, 0.05) is 24.6 Å². The lowest BCUT2D eigenvalue weighted by atomic mass is 10.4. The van der Waals surface area contributed by atoms with E-state index in [1.165, 1.54) is 0 Å². The van der Waals surface area contributed by atoms with Gasteiger partial charge in [0.05, 0.1) is 11.9 Å². The van der Waals surface area contributed by atoms with Crippen LogP contribution in [0.2, 0.25) is 0 Å². The molecule has 0 aliphatic carbocycles. The van der Waals surface area contributed by atoms with Crippen LogP contribution in [0, 0.1) is 6.92 Å². The zero-order valence-electron chi connectivity index (χ0n) is 7.86. The van der Waals surface area contributed by atoms with Crippen LogP contribution in [0.15, 0.2) is 18.6 Å². The molecule has 14 heavy (non-hydrogen) atoms. The molecule has 0 bridgehead atoms. The molecule has 0 spiro atoms. The van der Waals surface area contributed by atoms with Crippen molar-refractivity contribution in [1.82, 2.24) is 19.9 Å². The van der Waals surface area contributed by atoms with Gasteiger partial charge in [-0.25, -0.2) is 9.97 Å². The highest BCUT2D eigenvalue weighted by molar-refractivity contribution is 5.47. The third-order valence-electron chi connectivity index (χ3n) is 1.84. The second-order valence-electron chi connectivity index (χ2n) is 3.01. The molecule has 0 aliphatic heterocycles. The number of nitrogens with zero attached hydrogens (tertiary/aromatic N) is 3. The van der Waals surface area contributed by atoms with Crippen molar-refractivity contribution in [3.8, 4) is 11.5 Å². The first-order chi connectivity index (χ1) is 6.79. The minimum atomic E-state index is 0.389. The van der Waals surface area contributed by atoms with E-state index in [1.54, 1.807) is 18.6 Å². The molecule has 0 saturated heterocycles. The summed E-state index contributed by atoms with van der Waals surface area (Å²) in [5, 5.41) is 0. The highest BCUT2D eigenvalue weighted by Gasteiger charge is 2.03. The summed E-state index contributed by atoms with van der Waals surface area (Å²) in [5.41, 5.74) is 7.95. The van der Waals surface area contributed by atoms with Crippen LogP contribution in [0.4, 0.5) is 0 Å². The molecular weight excluding hydrogens is 178 g/mol. The zero-order valence-corrected chi connectivity index (χ0v) is 7.86. The minimum absolute atomic E-state index is 0.389. The highest BCUT2D eigenvalue weighted by Crippen LogP contribution is 2.11. The Kier molecular flexibility index (Phi) is 2.24. The molecule has 2 heterocycles. The minimum Gasteiger partial charge on any atom is -0.341 e. The molecule has 0 atom stereocenters. The van der Waals surface area contributed by atoms with Crippen LogP contribution in [0.5, 0.6) is 0 Å². The zero-order chi connectivity index (χ0) is 9.97. The quantitative estimate of drug-likeness (QED) is 0.726. The number of imidazole rings is 1. The predicted octanol–water partition coefficient (Wildman–Crippen LogP) is 0.634. The predicted molar refractivity (Wildman–Crippen MR) is 52.2 cm³/mol. The first-order valence-corrected chi connectivity index (χ1v) is 4.32. The summed E-state index contributed by atoms with van der Waals surface area (Å²) in [4.78, 5) is 15.6. The Morgan fingerprint density at radius 3 is 2.86 bits per heavy atom. The monoisotopic (exact) mass is 189 g/mol. The fraction of sp³-hybridized carbons (Fsp3) is 0.222. The maximum Gasteiger partial charge on any atom is 0.157 e. The van der Waals surface area contributed by atoms with E-state index < -0.39 is 0 Å². The van der Waals surface area contributed by atoms with Crippen molar-refractivity contribution in [3.05, 3.63) is 30.0 Å². The van der Waals surface area contributed by atoms with Gasteiger partial charge in [0.25, 0.3) is 0 Å². The van der Waals surface area contributed by atoms with E-state index in [9.17, 15) is 0 Å². The summed E-state index contributed by atoms with van der Waals surface area (Å²) in [6.45, 7) is 2.33. The Morgan fingerprint density at radius 1 is 1.36 bits per heavy atom. The van der Waals surface area contributed by atoms with Gasteiger partial charge in [-0.15, -0.1) is 0 Å². The van der Waals surface area contributed by atoms with Gasteiger partial charge < -0.3 is 10.7 Å². The van der Waals surface area contributed by atoms with Gasteiger partial charge in [-0.1, -0.05) is 0 Å². The number of nitrogens with two attached hydrogens (primary N) is 1. The molecule has 2 aromatic heterocycles. The summed E-state index contributed by atoms with van der Waals surface area (Å²) in [7, 11) is 0. The molecule has 0 radical (unpaired) electrons. The number of aromatic amines is 1. The van der Waals surface area contributed by atoms with E-state index in [2.05, 4.69) is 19.9 Å². The fourth-order valence-electron chi connectivity index (χ4n) is 1.16. The number of hydrogen-bond donors (Lipinski definition) is 2. The van der Waals surface area contributed by atoms with Crippen molar-refractivity contribution < 1.29 is 0 Å². The van der Waals surface area contributed by atoms with Gasteiger partial charge in [-0.3, -0.25) is 4.98 Å². The van der Waals surface area contributed by atoms with Crippen LogP contribution >= 0.6 is 0 Å². The molecule has 0 aliphatic rings. The van der Waals surface area contributed by atoms with Gasteiger partial charge in [0.15, 0.2) is 5.82 Å². The van der Waals surface area contributed by atoms with Crippen LogP contribution < -0.4 is 5.73 Å². The van der Waals surface area contributed by atoms with Gasteiger partial charge in [-0.2, -0.15) is 0 Å². The van der Waals surface area contributed by atoms with Crippen LogP contribution in [0.3, 0.4) is 0 Å². The summed E-state index contributed by atoms with van der Waals surface area (Å²) >= 11 is 0. The van der Waals surface area contributed by atoms with E-state index in [4.69, 9.17) is 5.73 Å². The molecule has 5 nitrogen and oxygen atoms in total. The van der Waals surface area contributed by atoms with E-state index in [0.717, 1.165) is 22.9 Å². The van der Waals surface area contributed by atoms with Crippen molar-refractivity contribution in [2.75, 3.05) is 0 Å². The molecule has 0 aromatic carbocycles. The maximum atomic E-state index is 5.47. The normalized spacial score (nSPS) is 10.4. The lowest BCUT2D eigenvalue weighted by Crippen LogP contribution is -2.01. The fourth-order valence-corrected chi connectivity index (χ4v) is 1.16. The Bertz CT molecular complexity index is 434. The number of hydrogen-bond acceptors (Lipinski definition) is 4. The lowest BCUT2D eigenvalue weighted by Gasteiger charge is -1.98. The molecule has 2 aromatic rings. The largest absolute Gasteiger partial charge is 0.341 e. The third-order valence-corrected chi connectivity index (χ3v) is 1.84. The Morgan fingerprint density at radius 2 is 2.21 bits per heavy atom. The van der Waals surface area contributed by atoms with Crippen LogP contribution in [-0.4, -0.2) is 19.9 Å². The van der Waals surface area contributed by atoms with Gasteiger partial charge in [-0.05, 0) is 6.92 Å². The van der Waals surface area contributed by atoms with Crippen molar-refractivity contribution in [3.63, 3.8) is 0 Å². The number of aryl methyl sites for hydroxylation is 1. The number of rotatable bonds is 2. The van der Waals surface area contributed by atoms with Gasteiger partial charge in [0.2, 0.25) is 0 Å². The summed E-state index contributed by atoms with van der Waals surface area (Å²) in [5.74, 6) is 0.727. The van der Waals surface area contributed by atoms with E-state index in [0.29, 0.717) is 6.54 Å². The molecule has 0 unspecified atom stereocenters. The Labute approximate surface area is 81.4 Å². The van der Waals surface area contributed by atoms with Gasteiger partial charge in [0.1, 0.15) is 5.69 Å². The second-order valence-corrected chi connectivity index (χ2v) is 3.01. The van der Waals surface area contributed by atoms with Crippen LogP contribution in [0.1, 0.15) is 11.4 Å². The van der Waals surface area contributed by atoms with Crippen LogP contribution in [0.25, 0.3) is 11.5 Å². The Hall–Kier alpha value is -1.75. The number of nitrogens with one attached hydrogen (secondary N) is 1. The molecule has 2 rings (SSSR count). The Balaban J connectivity index is 2.41. The van der Waals surface area contributed by atoms with Crippen molar-refractivity contribution in [2.45, 2.75) is 13.5 Å². The van der Waals surface area contributed by atoms with Crippen molar-refractivity contribution >= 4 is 0 Å². The molecule has 5 heteroatoms. The summed E-state index contributed by atoms with van der Waals surface area (Å²) in [6.07, 6.45) is 5.07. The molecule has 0 saturated carbocycles. The van der Waals surface area contributed by atoms with E-state index in [-0.39, 0.29) is 0 Å². The topological polar surface area (TPSA) is 80.5 Å². The second kappa shape index (κ2) is 3.55. The number of H-pyrrole nitrogens is 1. The first-order valence-electron chi connectivity index (χ1n) is 4.32. The highest BCUT2D eigenvalue weighted by atomic mass is 15.0. The maximum absolute atomic E-state index is 5.47. The summed E-state index contributed by atoms with van der Waals surface area (Å²) in [6, 6.07) is 0. The average Bonchev–Trinajstić information content (AvgIpc) is 2.65. The SMILES string of the molecule is Cc1cnc(-c2cncc(CN)n2)[nH]1. The van der Waals surface area contributed by atoms with Gasteiger partial charge >= 0.3 is 0 Å². The molecular formula is C9H11N5. The summed E-state index contributed by atoms with van der Waals surface area (Å²) < 4.78 is 0. The van der Waals surface area contributed by atoms with Crippen LogP contribution in [-0.2, 0) is 6.54 Å². The smallest absolute Gasteiger partial charge is 0.157 e. The van der Waals surface area contributed by atoms with E-state index >= 15 is 0 Å². The average molecular weight is 189 g/mol. The third kappa shape index (κ3) is 1.62. The molecule has 72 valence electrons. The van der Waals surface area contributed by atoms with E-state index in [1.807, 2.05) is 6.92 Å². The first kappa shape index (κ1) is 8.83. The standard InChI is InChI=1S/C9H11N5/c1-6-3-12-9(13-6)8-5-11-4-7(2-10)14-8/h3-5H,2,10H2,1H3,(H,12,13). The van der Waals surface area contributed by atoms with Crippen molar-refractivity contribution in [2.24, 2.45) is 5.73 Å². The number of aromatic nitrogens is 4.